The molecule has 4 heteroatoms. The second-order valence-corrected chi connectivity index (χ2v) is 6.81. The van der Waals surface area contributed by atoms with Gasteiger partial charge in [-0.1, -0.05) is 18.2 Å². The van der Waals surface area contributed by atoms with Crippen molar-refractivity contribution >= 4 is 11.6 Å². The summed E-state index contributed by atoms with van der Waals surface area (Å²) in [6.45, 7) is 4.44. The van der Waals surface area contributed by atoms with Crippen molar-refractivity contribution in [1.29, 1.82) is 0 Å². The van der Waals surface area contributed by atoms with Crippen LogP contribution in [0, 0.1) is 19.8 Å². The number of rotatable bonds is 7. The van der Waals surface area contributed by atoms with Gasteiger partial charge < -0.3 is 15.4 Å². The third kappa shape index (κ3) is 4.53. The first-order valence-electron chi connectivity index (χ1n) is 8.81. The molecule has 0 radical (unpaired) electrons. The molecular formula is C21H26N2O2. The number of hydrogen-bond donors (Lipinski definition) is 2. The first kappa shape index (κ1) is 17.3. The Bertz CT molecular complexity index is 736. The minimum absolute atomic E-state index is 0.0194. The van der Waals surface area contributed by atoms with Crippen molar-refractivity contribution in [1.82, 2.24) is 5.32 Å². The van der Waals surface area contributed by atoms with Crippen LogP contribution < -0.4 is 15.4 Å². The molecule has 0 saturated heterocycles. The topological polar surface area (TPSA) is 50.4 Å². The van der Waals surface area contributed by atoms with Crippen LogP contribution in [-0.2, 0) is 4.79 Å². The standard InChI is InChI=1S/C21H26N2O2/c1-14-4-9-18(12-15(14)2)22-13-20(24)23-21(16-5-6-16)17-7-10-19(25-3)11-8-17/h4,7-12,16,21-22H,5-6,13H2,1-3H3,(H,23,24). The van der Waals surface area contributed by atoms with Crippen LogP contribution in [0.4, 0.5) is 5.69 Å². The van der Waals surface area contributed by atoms with Crippen molar-refractivity contribution < 1.29 is 9.53 Å². The number of hydrogen-bond acceptors (Lipinski definition) is 3. The Labute approximate surface area is 149 Å². The highest BCUT2D eigenvalue weighted by Crippen LogP contribution is 2.41. The highest BCUT2D eigenvalue weighted by atomic mass is 16.5. The monoisotopic (exact) mass is 338 g/mol. The molecule has 1 aliphatic carbocycles. The van der Waals surface area contributed by atoms with E-state index < -0.39 is 0 Å². The van der Waals surface area contributed by atoms with Crippen molar-refractivity contribution in [2.45, 2.75) is 32.7 Å². The summed E-state index contributed by atoms with van der Waals surface area (Å²) >= 11 is 0. The molecule has 1 amide bonds. The zero-order chi connectivity index (χ0) is 17.8. The summed E-state index contributed by atoms with van der Waals surface area (Å²) in [5.74, 6) is 1.39. The summed E-state index contributed by atoms with van der Waals surface area (Å²) in [6.07, 6.45) is 2.34. The Balaban J connectivity index is 1.59. The lowest BCUT2D eigenvalue weighted by Gasteiger charge is -2.19. The van der Waals surface area contributed by atoms with Gasteiger partial charge in [0.1, 0.15) is 5.75 Å². The number of benzene rings is 2. The molecule has 2 aromatic rings. The van der Waals surface area contributed by atoms with E-state index in [2.05, 4.69) is 36.6 Å². The van der Waals surface area contributed by atoms with Gasteiger partial charge in [0.15, 0.2) is 0 Å². The van der Waals surface area contributed by atoms with Crippen LogP contribution in [0.2, 0.25) is 0 Å². The van der Waals surface area contributed by atoms with Gasteiger partial charge in [-0.25, -0.2) is 0 Å². The van der Waals surface area contributed by atoms with Gasteiger partial charge in [-0.2, -0.15) is 0 Å². The molecule has 4 nitrogen and oxygen atoms in total. The van der Waals surface area contributed by atoms with E-state index in [9.17, 15) is 4.79 Å². The van der Waals surface area contributed by atoms with E-state index in [0.717, 1.165) is 17.0 Å². The Morgan fingerprint density at radius 2 is 1.84 bits per heavy atom. The molecule has 0 aliphatic heterocycles. The van der Waals surface area contributed by atoms with Gasteiger partial charge in [0.2, 0.25) is 5.91 Å². The highest BCUT2D eigenvalue weighted by Gasteiger charge is 2.33. The van der Waals surface area contributed by atoms with Gasteiger partial charge in [-0.15, -0.1) is 0 Å². The van der Waals surface area contributed by atoms with E-state index in [-0.39, 0.29) is 18.5 Å². The maximum absolute atomic E-state index is 12.4. The summed E-state index contributed by atoms with van der Waals surface area (Å²) in [4.78, 5) is 12.4. The number of methoxy groups -OCH3 is 1. The summed E-state index contributed by atoms with van der Waals surface area (Å²) < 4.78 is 5.21. The van der Waals surface area contributed by atoms with E-state index in [1.165, 1.54) is 24.0 Å². The van der Waals surface area contributed by atoms with Crippen molar-refractivity contribution in [3.05, 3.63) is 59.2 Å². The van der Waals surface area contributed by atoms with Crippen molar-refractivity contribution in [3.8, 4) is 5.75 Å². The Morgan fingerprint density at radius 3 is 2.44 bits per heavy atom. The summed E-state index contributed by atoms with van der Waals surface area (Å²) in [5, 5.41) is 6.40. The van der Waals surface area contributed by atoms with Crippen molar-refractivity contribution in [3.63, 3.8) is 0 Å². The van der Waals surface area contributed by atoms with E-state index in [1.807, 2.05) is 30.3 Å². The molecule has 1 aliphatic rings. The van der Waals surface area contributed by atoms with E-state index in [4.69, 9.17) is 4.74 Å². The SMILES string of the molecule is COc1ccc(C(NC(=O)CNc2ccc(C)c(C)c2)C2CC2)cc1. The lowest BCUT2D eigenvalue weighted by atomic mass is 10.0. The minimum Gasteiger partial charge on any atom is -0.497 e. The number of anilines is 1. The van der Waals surface area contributed by atoms with Gasteiger partial charge >= 0.3 is 0 Å². The Morgan fingerprint density at radius 1 is 1.12 bits per heavy atom. The maximum atomic E-state index is 12.4. The van der Waals surface area contributed by atoms with Crippen LogP contribution in [0.25, 0.3) is 0 Å². The van der Waals surface area contributed by atoms with Gasteiger partial charge in [-0.05, 0) is 73.6 Å². The smallest absolute Gasteiger partial charge is 0.239 e. The lowest BCUT2D eigenvalue weighted by molar-refractivity contribution is -0.120. The third-order valence-electron chi connectivity index (χ3n) is 4.84. The molecule has 0 aromatic heterocycles. The fraction of sp³-hybridized carbons (Fsp3) is 0.381. The highest BCUT2D eigenvalue weighted by molar-refractivity contribution is 5.81. The molecule has 1 unspecified atom stereocenters. The molecule has 0 spiro atoms. The second kappa shape index (κ2) is 7.60. The van der Waals surface area contributed by atoms with Crippen LogP contribution in [0.15, 0.2) is 42.5 Å². The van der Waals surface area contributed by atoms with Crippen LogP contribution in [0.3, 0.4) is 0 Å². The number of aryl methyl sites for hydroxylation is 2. The van der Waals surface area contributed by atoms with Gasteiger partial charge in [0.05, 0.1) is 19.7 Å². The Kier molecular flexibility index (Phi) is 5.27. The quantitative estimate of drug-likeness (QED) is 0.802. The number of amides is 1. The predicted octanol–water partition coefficient (Wildman–Crippen LogP) is 3.99. The first-order chi connectivity index (χ1) is 12.1. The molecule has 1 fully saturated rings. The van der Waals surface area contributed by atoms with E-state index >= 15 is 0 Å². The number of nitrogens with one attached hydrogen (secondary N) is 2. The average Bonchev–Trinajstić information content (AvgIpc) is 3.46. The fourth-order valence-electron chi connectivity index (χ4n) is 2.97. The van der Waals surface area contributed by atoms with Gasteiger partial charge in [-0.3, -0.25) is 4.79 Å². The van der Waals surface area contributed by atoms with E-state index in [0.29, 0.717) is 5.92 Å². The molecule has 1 saturated carbocycles. The van der Waals surface area contributed by atoms with Gasteiger partial charge in [0.25, 0.3) is 0 Å². The zero-order valence-electron chi connectivity index (χ0n) is 15.1. The molecule has 132 valence electrons. The third-order valence-corrected chi connectivity index (χ3v) is 4.84. The van der Waals surface area contributed by atoms with E-state index in [1.54, 1.807) is 7.11 Å². The fourth-order valence-corrected chi connectivity index (χ4v) is 2.97. The van der Waals surface area contributed by atoms with Crippen molar-refractivity contribution in [2.24, 2.45) is 5.92 Å². The van der Waals surface area contributed by atoms with Crippen LogP contribution >= 0.6 is 0 Å². The largest absolute Gasteiger partial charge is 0.497 e. The predicted molar refractivity (Wildman–Crippen MR) is 101 cm³/mol. The summed E-state index contributed by atoms with van der Waals surface area (Å²) in [7, 11) is 1.66. The second-order valence-electron chi connectivity index (χ2n) is 6.81. The Hall–Kier alpha value is -2.49. The molecule has 25 heavy (non-hydrogen) atoms. The number of carbonyl (C=O) groups is 1. The zero-order valence-corrected chi connectivity index (χ0v) is 15.1. The number of carbonyl (C=O) groups excluding carboxylic acids is 1. The van der Waals surface area contributed by atoms with Crippen LogP contribution in [-0.4, -0.2) is 19.6 Å². The molecule has 2 N–H and O–H groups in total. The minimum atomic E-state index is 0.0194. The average molecular weight is 338 g/mol. The molecular weight excluding hydrogens is 312 g/mol. The molecule has 2 aromatic carbocycles. The maximum Gasteiger partial charge on any atom is 0.239 e. The van der Waals surface area contributed by atoms with Gasteiger partial charge in [0, 0.05) is 5.69 Å². The summed E-state index contributed by atoms with van der Waals surface area (Å²) in [6, 6.07) is 14.2. The van der Waals surface area contributed by atoms with Crippen LogP contribution in [0.1, 0.15) is 35.6 Å². The lowest BCUT2D eigenvalue weighted by Crippen LogP contribution is -2.34. The molecule has 0 heterocycles. The normalized spacial score (nSPS) is 14.7. The number of ether oxygens (including phenoxy) is 1. The van der Waals surface area contributed by atoms with Crippen LogP contribution in [0.5, 0.6) is 5.75 Å². The molecule has 3 rings (SSSR count). The molecule has 1 atom stereocenters. The molecule has 0 bridgehead atoms. The first-order valence-corrected chi connectivity index (χ1v) is 8.81. The summed E-state index contributed by atoms with van der Waals surface area (Å²) in [5.41, 5.74) is 4.59. The van der Waals surface area contributed by atoms with Crippen molar-refractivity contribution in [2.75, 3.05) is 19.0 Å².